The largest absolute Gasteiger partial charge is 0.493 e. The molecule has 1 aliphatic rings. The Labute approximate surface area is 215 Å². The number of aromatic nitrogens is 3. The lowest BCUT2D eigenvalue weighted by Gasteiger charge is -2.16. The Morgan fingerprint density at radius 3 is 2.35 bits per heavy atom. The molecule has 1 aliphatic carbocycles. The highest BCUT2D eigenvalue weighted by molar-refractivity contribution is 6.11. The number of hydrogen-bond acceptors (Lipinski definition) is 7. The zero-order chi connectivity index (χ0) is 25.9. The second-order valence-corrected chi connectivity index (χ2v) is 8.98. The number of methoxy groups -OCH3 is 3. The third kappa shape index (κ3) is 4.52. The second kappa shape index (κ2) is 10.4. The summed E-state index contributed by atoms with van der Waals surface area (Å²) in [4.78, 5) is 23.1. The van der Waals surface area contributed by atoms with Crippen LogP contribution in [0.2, 0.25) is 0 Å². The molecule has 0 fully saturated rings. The van der Waals surface area contributed by atoms with E-state index in [2.05, 4.69) is 11.4 Å². The summed E-state index contributed by atoms with van der Waals surface area (Å²) in [6.45, 7) is 0.530. The van der Waals surface area contributed by atoms with Gasteiger partial charge >= 0.3 is 0 Å². The van der Waals surface area contributed by atoms with Gasteiger partial charge in [-0.1, -0.05) is 23.8 Å². The van der Waals surface area contributed by atoms with Crippen molar-refractivity contribution in [2.45, 2.75) is 32.1 Å². The van der Waals surface area contributed by atoms with Crippen molar-refractivity contribution in [3.8, 4) is 22.9 Å². The summed E-state index contributed by atoms with van der Waals surface area (Å²) < 4.78 is 18.3. The van der Waals surface area contributed by atoms with Crippen molar-refractivity contribution in [3.63, 3.8) is 0 Å². The molecule has 0 saturated heterocycles. The standard InChI is InChI=1S/C28H31N5O4/c1-35-21-15-18(16-22(36-2)25(21)37-3)33-26(29)23(28(34)30-14-13-17-9-5-4-6-10-17)24-27(33)32-20-12-8-7-11-19(20)31-24/h7-9,11-12,15-16H,4-6,10,13-14,29H2,1-3H3,(H,30,34). The Kier molecular flexibility index (Phi) is 6.85. The van der Waals surface area contributed by atoms with Gasteiger partial charge in [0.1, 0.15) is 16.9 Å². The highest BCUT2D eigenvalue weighted by Gasteiger charge is 2.26. The van der Waals surface area contributed by atoms with E-state index >= 15 is 0 Å². The molecule has 37 heavy (non-hydrogen) atoms. The Morgan fingerprint density at radius 2 is 1.73 bits per heavy atom. The molecule has 2 aromatic heterocycles. The maximum atomic E-state index is 13.5. The number of amides is 1. The van der Waals surface area contributed by atoms with Crippen molar-refractivity contribution in [1.29, 1.82) is 0 Å². The molecule has 0 atom stereocenters. The van der Waals surface area contributed by atoms with Gasteiger partial charge in [-0.25, -0.2) is 9.97 Å². The van der Waals surface area contributed by atoms with Crippen LogP contribution in [0.1, 0.15) is 42.5 Å². The molecule has 0 saturated carbocycles. The van der Waals surface area contributed by atoms with E-state index in [1.54, 1.807) is 38.0 Å². The van der Waals surface area contributed by atoms with Gasteiger partial charge in [0, 0.05) is 18.7 Å². The van der Waals surface area contributed by atoms with Gasteiger partial charge in [0.15, 0.2) is 17.1 Å². The Bertz CT molecular complexity index is 1480. The first-order chi connectivity index (χ1) is 18.0. The predicted molar refractivity (Wildman–Crippen MR) is 144 cm³/mol. The smallest absolute Gasteiger partial charge is 0.257 e. The van der Waals surface area contributed by atoms with Crippen LogP contribution in [0.3, 0.4) is 0 Å². The third-order valence-electron chi connectivity index (χ3n) is 6.75. The molecule has 5 rings (SSSR count). The first-order valence-electron chi connectivity index (χ1n) is 12.4. The number of anilines is 1. The van der Waals surface area contributed by atoms with Crippen LogP contribution in [0.4, 0.5) is 5.82 Å². The van der Waals surface area contributed by atoms with Gasteiger partial charge in [0.05, 0.1) is 38.1 Å². The number of fused-ring (bicyclic) bond motifs is 2. The van der Waals surface area contributed by atoms with Gasteiger partial charge in [0.25, 0.3) is 5.91 Å². The quantitative estimate of drug-likeness (QED) is 0.333. The molecular formula is C28H31N5O4. The molecule has 3 N–H and O–H groups in total. The van der Waals surface area contributed by atoms with Crippen LogP contribution < -0.4 is 25.3 Å². The summed E-state index contributed by atoms with van der Waals surface area (Å²) in [7, 11) is 4.64. The minimum absolute atomic E-state index is 0.231. The topological polar surface area (TPSA) is 114 Å². The Hall–Kier alpha value is -4.27. The van der Waals surface area contributed by atoms with Crippen molar-refractivity contribution in [3.05, 3.63) is 53.6 Å². The zero-order valence-corrected chi connectivity index (χ0v) is 21.3. The number of hydrogen-bond donors (Lipinski definition) is 2. The SMILES string of the molecule is COc1cc(-n2c(N)c(C(=O)NCCC3=CCCCC3)c3nc4ccccc4nc32)cc(OC)c1OC. The van der Waals surface area contributed by atoms with Gasteiger partial charge in [-0.3, -0.25) is 9.36 Å². The van der Waals surface area contributed by atoms with E-state index < -0.39 is 0 Å². The third-order valence-corrected chi connectivity index (χ3v) is 6.75. The van der Waals surface area contributed by atoms with Crippen LogP contribution >= 0.6 is 0 Å². The molecule has 0 spiro atoms. The minimum atomic E-state index is -0.283. The maximum absolute atomic E-state index is 13.5. The number of carbonyl (C=O) groups excluding carboxylic acids is 1. The number of carbonyl (C=O) groups is 1. The number of nitrogens with two attached hydrogens (primary N) is 1. The summed E-state index contributed by atoms with van der Waals surface area (Å²) in [6, 6.07) is 11.1. The van der Waals surface area contributed by atoms with Crippen LogP contribution in [0.5, 0.6) is 17.2 Å². The average molecular weight is 502 g/mol. The fourth-order valence-electron chi connectivity index (χ4n) is 4.90. The van der Waals surface area contributed by atoms with Crippen molar-refractivity contribution >= 4 is 33.9 Å². The first-order valence-corrected chi connectivity index (χ1v) is 12.4. The molecule has 0 unspecified atom stereocenters. The van der Waals surface area contributed by atoms with Gasteiger partial charge in [-0.2, -0.15) is 0 Å². The predicted octanol–water partition coefficient (Wildman–Crippen LogP) is 4.80. The fraction of sp³-hybridized carbons (Fsp3) is 0.321. The Morgan fingerprint density at radius 1 is 1.03 bits per heavy atom. The normalized spacial score (nSPS) is 13.4. The number of nitrogens with one attached hydrogen (secondary N) is 1. The Balaban J connectivity index is 1.63. The van der Waals surface area contributed by atoms with Gasteiger partial charge in [0.2, 0.25) is 5.75 Å². The van der Waals surface area contributed by atoms with Crippen molar-refractivity contribution in [2.75, 3.05) is 33.6 Å². The van der Waals surface area contributed by atoms with Crippen molar-refractivity contribution in [2.24, 2.45) is 0 Å². The lowest BCUT2D eigenvalue weighted by molar-refractivity contribution is 0.0956. The molecule has 1 amide bonds. The van der Waals surface area contributed by atoms with Gasteiger partial charge < -0.3 is 25.3 Å². The number of nitrogen functional groups attached to an aromatic ring is 1. The van der Waals surface area contributed by atoms with E-state index in [-0.39, 0.29) is 11.7 Å². The van der Waals surface area contributed by atoms with E-state index in [1.165, 1.54) is 18.4 Å². The summed E-state index contributed by atoms with van der Waals surface area (Å²) in [5.74, 6) is 1.32. The van der Waals surface area contributed by atoms with Crippen LogP contribution in [0.15, 0.2) is 48.0 Å². The van der Waals surface area contributed by atoms with Gasteiger partial charge in [-0.15, -0.1) is 0 Å². The highest BCUT2D eigenvalue weighted by atomic mass is 16.5. The monoisotopic (exact) mass is 501 g/mol. The van der Waals surface area contributed by atoms with Crippen molar-refractivity contribution in [1.82, 2.24) is 19.9 Å². The number of allylic oxidation sites excluding steroid dienone is 1. The van der Waals surface area contributed by atoms with E-state index in [0.29, 0.717) is 57.2 Å². The summed E-state index contributed by atoms with van der Waals surface area (Å²) >= 11 is 0. The first kappa shape index (κ1) is 24.4. The number of para-hydroxylation sites is 2. The molecular weight excluding hydrogens is 470 g/mol. The molecule has 2 aromatic carbocycles. The molecule has 0 aliphatic heterocycles. The lowest BCUT2D eigenvalue weighted by atomic mass is 9.97. The van der Waals surface area contributed by atoms with E-state index in [4.69, 9.17) is 29.9 Å². The number of benzene rings is 2. The zero-order valence-electron chi connectivity index (χ0n) is 21.3. The molecule has 9 heteroatoms. The van der Waals surface area contributed by atoms with Crippen molar-refractivity contribution < 1.29 is 19.0 Å². The van der Waals surface area contributed by atoms with E-state index in [1.807, 2.05) is 24.3 Å². The van der Waals surface area contributed by atoms with Crippen LogP contribution in [0.25, 0.3) is 27.9 Å². The maximum Gasteiger partial charge on any atom is 0.257 e. The summed E-state index contributed by atoms with van der Waals surface area (Å²) in [5.41, 5.74) is 11.2. The molecule has 9 nitrogen and oxygen atoms in total. The minimum Gasteiger partial charge on any atom is -0.493 e. The second-order valence-electron chi connectivity index (χ2n) is 8.98. The number of ether oxygens (including phenoxy) is 3. The molecule has 2 heterocycles. The van der Waals surface area contributed by atoms with E-state index in [0.717, 1.165) is 19.3 Å². The molecule has 0 radical (unpaired) electrons. The van der Waals surface area contributed by atoms with Crippen LogP contribution in [0, 0.1) is 0 Å². The van der Waals surface area contributed by atoms with Crippen LogP contribution in [-0.4, -0.2) is 48.3 Å². The molecule has 192 valence electrons. The molecule has 0 bridgehead atoms. The van der Waals surface area contributed by atoms with Crippen LogP contribution in [-0.2, 0) is 0 Å². The lowest BCUT2D eigenvalue weighted by Crippen LogP contribution is -2.26. The summed E-state index contributed by atoms with van der Waals surface area (Å²) in [5, 5.41) is 3.05. The fourth-order valence-corrected chi connectivity index (χ4v) is 4.90. The van der Waals surface area contributed by atoms with E-state index in [9.17, 15) is 4.79 Å². The highest BCUT2D eigenvalue weighted by Crippen LogP contribution is 2.41. The molecule has 4 aromatic rings. The number of nitrogens with zero attached hydrogens (tertiary/aromatic N) is 3. The van der Waals surface area contributed by atoms with Gasteiger partial charge in [-0.05, 0) is 44.2 Å². The number of rotatable bonds is 8. The average Bonchev–Trinajstić information content (AvgIpc) is 3.21. The summed E-state index contributed by atoms with van der Waals surface area (Å²) in [6.07, 6.45) is 7.76.